The first-order valence-electron chi connectivity index (χ1n) is 8.55. The summed E-state index contributed by atoms with van der Waals surface area (Å²) < 4.78 is 10.9. The zero-order chi connectivity index (χ0) is 15.2. The number of nitrogens with zero attached hydrogens (tertiary/aromatic N) is 1. The molecule has 0 aliphatic heterocycles. The standard InChI is InChI=1S/C16H33N3O2.HI/c1-2-3-11-20-13-14-21-12-10-18-16(17)19-15-8-6-4-5-7-9-15;/h15H,2-14H2,1H3,(H3,17,18,19);1H. The molecule has 1 fully saturated rings. The lowest BCUT2D eigenvalue weighted by Crippen LogP contribution is -2.40. The summed E-state index contributed by atoms with van der Waals surface area (Å²) in [6.45, 7) is 5.50. The highest BCUT2D eigenvalue weighted by molar-refractivity contribution is 14.0. The van der Waals surface area contributed by atoms with Crippen LogP contribution in [0.15, 0.2) is 4.99 Å². The van der Waals surface area contributed by atoms with Gasteiger partial charge < -0.3 is 20.5 Å². The average Bonchev–Trinajstić information content (AvgIpc) is 2.74. The van der Waals surface area contributed by atoms with E-state index in [0.717, 1.165) is 13.0 Å². The second kappa shape index (κ2) is 15.8. The van der Waals surface area contributed by atoms with Gasteiger partial charge in [-0.25, -0.2) is 0 Å². The molecule has 0 radical (unpaired) electrons. The maximum atomic E-state index is 5.91. The van der Waals surface area contributed by atoms with Gasteiger partial charge in [0.25, 0.3) is 0 Å². The second-order valence-electron chi connectivity index (χ2n) is 5.68. The minimum Gasteiger partial charge on any atom is -0.379 e. The topological polar surface area (TPSA) is 68.9 Å². The zero-order valence-electron chi connectivity index (χ0n) is 14.0. The number of halogens is 1. The van der Waals surface area contributed by atoms with Crippen molar-refractivity contribution in [1.29, 1.82) is 0 Å². The highest BCUT2D eigenvalue weighted by Crippen LogP contribution is 2.16. The number of hydrogen-bond donors (Lipinski definition) is 2. The number of guanidine groups is 1. The lowest BCUT2D eigenvalue weighted by molar-refractivity contribution is 0.0497. The summed E-state index contributed by atoms with van der Waals surface area (Å²) in [4.78, 5) is 4.31. The molecule has 0 spiro atoms. The van der Waals surface area contributed by atoms with Crippen molar-refractivity contribution < 1.29 is 9.47 Å². The van der Waals surface area contributed by atoms with Crippen molar-refractivity contribution in [3.63, 3.8) is 0 Å². The van der Waals surface area contributed by atoms with Gasteiger partial charge in [-0.3, -0.25) is 4.99 Å². The van der Waals surface area contributed by atoms with Crippen LogP contribution >= 0.6 is 24.0 Å². The minimum atomic E-state index is 0. The summed E-state index contributed by atoms with van der Waals surface area (Å²) in [6.07, 6.45) is 10.0. The molecule has 0 aromatic heterocycles. The molecule has 0 saturated heterocycles. The highest BCUT2D eigenvalue weighted by atomic mass is 127. The molecule has 1 aliphatic rings. The van der Waals surface area contributed by atoms with Gasteiger partial charge in [0, 0.05) is 12.6 Å². The molecule has 0 bridgehead atoms. The van der Waals surface area contributed by atoms with Gasteiger partial charge in [-0.05, 0) is 19.3 Å². The first kappa shape index (κ1) is 21.9. The van der Waals surface area contributed by atoms with Crippen LogP contribution in [0.2, 0.25) is 0 Å². The predicted octanol–water partition coefficient (Wildman–Crippen LogP) is 3.06. The smallest absolute Gasteiger partial charge is 0.188 e. The summed E-state index contributed by atoms with van der Waals surface area (Å²) in [6, 6.07) is 0.504. The molecule has 0 aromatic rings. The normalized spacial score (nSPS) is 16.9. The van der Waals surface area contributed by atoms with Crippen LogP contribution in [0, 0.1) is 0 Å². The molecule has 1 aliphatic carbocycles. The molecule has 1 rings (SSSR count). The highest BCUT2D eigenvalue weighted by Gasteiger charge is 2.11. The van der Waals surface area contributed by atoms with E-state index in [-0.39, 0.29) is 24.0 Å². The summed E-state index contributed by atoms with van der Waals surface area (Å²) in [5, 5.41) is 3.33. The number of ether oxygens (including phenoxy) is 2. The van der Waals surface area contributed by atoms with Crippen LogP contribution in [-0.2, 0) is 9.47 Å². The van der Waals surface area contributed by atoms with Crippen LogP contribution in [0.1, 0.15) is 58.3 Å². The maximum Gasteiger partial charge on any atom is 0.188 e. The Hall–Kier alpha value is -0.0800. The molecule has 3 N–H and O–H groups in total. The molecule has 0 amide bonds. The quantitative estimate of drug-likeness (QED) is 0.185. The first-order chi connectivity index (χ1) is 10.3. The van der Waals surface area contributed by atoms with Gasteiger partial charge in [0.05, 0.1) is 26.4 Å². The third-order valence-electron chi connectivity index (χ3n) is 3.74. The predicted molar refractivity (Wildman–Crippen MR) is 103 cm³/mol. The van der Waals surface area contributed by atoms with Gasteiger partial charge in [0.1, 0.15) is 0 Å². The van der Waals surface area contributed by atoms with E-state index in [1.54, 1.807) is 0 Å². The van der Waals surface area contributed by atoms with Crippen molar-refractivity contribution in [3.8, 4) is 0 Å². The number of nitrogens with one attached hydrogen (secondary N) is 1. The number of aliphatic imine (C=N–C) groups is 1. The molecular formula is C16H34IN3O2. The summed E-state index contributed by atoms with van der Waals surface area (Å²) in [5.74, 6) is 0.560. The fourth-order valence-electron chi connectivity index (χ4n) is 2.48. The molecule has 132 valence electrons. The molecule has 1 saturated carbocycles. The fourth-order valence-corrected chi connectivity index (χ4v) is 2.48. The lowest BCUT2D eigenvalue weighted by atomic mass is 10.1. The first-order valence-corrected chi connectivity index (χ1v) is 8.55. The Bertz CT molecular complexity index is 270. The third-order valence-corrected chi connectivity index (χ3v) is 3.74. The van der Waals surface area contributed by atoms with E-state index in [2.05, 4.69) is 17.2 Å². The molecule has 0 atom stereocenters. The van der Waals surface area contributed by atoms with E-state index in [0.29, 0.717) is 38.4 Å². The lowest BCUT2D eigenvalue weighted by Gasteiger charge is -2.16. The van der Waals surface area contributed by atoms with Crippen LogP contribution in [0.3, 0.4) is 0 Å². The Morgan fingerprint density at radius 1 is 1.05 bits per heavy atom. The van der Waals surface area contributed by atoms with Crippen LogP contribution < -0.4 is 11.1 Å². The molecule has 0 heterocycles. The Morgan fingerprint density at radius 3 is 2.32 bits per heavy atom. The number of rotatable bonds is 10. The summed E-state index contributed by atoms with van der Waals surface area (Å²) >= 11 is 0. The van der Waals surface area contributed by atoms with E-state index < -0.39 is 0 Å². The van der Waals surface area contributed by atoms with Crippen molar-refractivity contribution in [2.45, 2.75) is 64.3 Å². The summed E-state index contributed by atoms with van der Waals surface area (Å²) in [5.41, 5.74) is 5.91. The SMILES string of the molecule is CCCCOCCOCCN=C(N)NC1CCCCCC1.I. The van der Waals surface area contributed by atoms with E-state index in [1.165, 1.54) is 44.9 Å². The number of nitrogens with two attached hydrogens (primary N) is 1. The molecule has 22 heavy (non-hydrogen) atoms. The fraction of sp³-hybridized carbons (Fsp3) is 0.938. The maximum absolute atomic E-state index is 5.91. The van der Waals surface area contributed by atoms with Gasteiger partial charge in [-0.15, -0.1) is 24.0 Å². The van der Waals surface area contributed by atoms with E-state index >= 15 is 0 Å². The van der Waals surface area contributed by atoms with Gasteiger partial charge >= 0.3 is 0 Å². The van der Waals surface area contributed by atoms with Crippen molar-refractivity contribution >= 4 is 29.9 Å². The second-order valence-corrected chi connectivity index (χ2v) is 5.68. The van der Waals surface area contributed by atoms with Gasteiger partial charge in [-0.2, -0.15) is 0 Å². The third kappa shape index (κ3) is 12.5. The minimum absolute atomic E-state index is 0. The van der Waals surface area contributed by atoms with Gasteiger partial charge in [-0.1, -0.05) is 39.0 Å². The zero-order valence-corrected chi connectivity index (χ0v) is 16.3. The van der Waals surface area contributed by atoms with Crippen LogP contribution in [0.25, 0.3) is 0 Å². The number of unbranched alkanes of at least 4 members (excludes halogenated alkanes) is 1. The Kier molecular flexibility index (Phi) is 15.7. The number of hydrogen-bond acceptors (Lipinski definition) is 3. The monoisotopic (exact) mass is 427 g/mol. The van der Waals surface area contributed by atoms with Crippen LogP contribution in [-0.4, -0.2) is 45.0 Å². The van der Waals surface area contributed by atoms with E-state index in [4.69, 9.17) is 15.2 Å². The molecule has 6 heteroatoms. The van der Waals surface area contributed by atoms with Crippen molar-refractivity contribution in [2.24, 2.45) is 10.7 Å². The molecule has 0 unspecified atom stereocenters. The van der Waals surface area contributed by atoms with E-state index in [1.807, 2.05) is 0 Å². The molecular weight excluding hydrogens is 393 g/mol. The van der Waals surface area contributed by atoms with Gasteiger partial charge in [0.15, 0.2) is 5.96 Å². The van der Waals surface area contributed by atoms with Crippen LogP contribution in [0.4, 0.5) is 0 Å². The largest absolute Gasteiger partial charge is 0.379 e. The van der Waals surface area contributed by atoms with Crippen molar-refractivity contribution in [2.75, 3.05) is 33.0 Å². The van der Waals surface area contributed by atoms with Crippen molar-refractivity contribution in [1.82, 2.24) is 5.32 Å². The molecule has 5 nitrogen and oxygen atoms in total. The van der Waals surface area contributed by atoms with Gasteiger partial charge in [0.2, 0.25) is 0 Å². The van der Waals surface area contributed by atoms with Crippen LogP contribution in [0.5, 0.6) is 0 Å². The summed E-state index contributed by atoms with van der Waals surface area (Å²) in [7, 11) is 0. The van der Waals surface area contributed by atoms with E-state index in [9.17, 15) is 0 Å². The van der Waals surface area contributed by atoms with Crippen molar-refractivity contribution in [3.05, 3.63) is 0 Å². The molecule has 0 aromatic carbocycles. The average molecular weight is 427 g/mol. The Morgan fingerprint density at radius 2 is 1.68 bits per heavy atom. The Labute approximate surface area is 152 Å². The Balaban J connectivity index is 0.00000441.